The highest BCUT2D eigenvalue weighted by atomic mass is 35.5. The molecule has 2 aromatic carbocycles. The SMILES string of the molecule is COC(=O)c1cccn1C1CCN(C(=O)c2cc(-c3ccc(Cl)cc3)nc3ccccc23)CC1. The molecule has 3 heterocycles. The summed E-state index contributed by atoms with van der Waals surface area (Å²) in [7, 11) is 1.39. The number of carbonyl (C=O) groups excluding carboxylic acids is 2. The fraction of sp³-hybridized carbons (Fsp3) is 0.222. The number of aromatic nitrogens is 2. The minimum Gasteiger partial charge on any atom is -0.464 e. The van der Waals surface area contributed by atoms with Gasteiger partial charge in [-0.2, -0.15) is 0 Å². The molecule has 0 saturated carbocycles. The van der Waals surface area contributed by atoms with Crippen molar-refractivity contribution in [3.8, 4) is 11.3 Å². The third-order valence-electron chi connectivity index (χ3n) is 6.41. The molecule has 1 aliphatic rings. The number of carbonyl (C=O) groups is 2. The maximum absolute atomic E-state index is 13.7. The van der Waals surface area contributed by atoms with Gasteiger partial charge in [0.2, 0.25) is 0 Å². The van der Waals surface area contributed by atoms with Crippen molar-refractivity contribution in [2.45, 2.75) is 18.9 Å². The van der Waals surface area contributed by atoms with E-state index in [2.05, 4.69) is 0 Å². The standard InChI is InChI=1S/C27H24ClN3O3/c1-34-27(33)25-7-4-14-31(25)20-12-15-30(16-13-20)26(32)22-17-24(18-8-10-19(28)11-9-18)29-23-6-3-2-5-21(22)23/h2-11,14,17,20H,12-13,15-16H2,1H3. The molecule has 7 heteroatoms. The molecule has 34 heavy (non-hydrogen) atoms. The maximum atomic E-state index is 13.7. The predicted molar refractivity (Wildman–Crippen MR) is 132 cm³/mol. The first-order valence-electron chi connectivity index (χ1n) is 11.3. The van der Waals surface area contributed by atoms with E-state index in [1.165, 1.54) is 7.11 Å². The van der Waals surface area contributed by atoms with Crippen LogP contribution >= 0.6 is 11.6 Å². The van der Waals surface area contributed by atoms with E-state index in [0.717, 1.165) is 35.0 Å². The van der Waals surface area contributed by atoms with Crippen molar-refractivity contribution in [3.63, 3.8) is 0 Å². The molecule has 0 spiro atoms. The van der Waals surface area contributed by atoms with Crippen LogP contribution in [0.4, 0.5) is 0 Å². The zero-order chi connectivity index (χ0) is 23.7. The summed E-state index contributed by atoms with van der Waals surface area (Å²) in [5.41, 5.74) is 3.61. The molecule has 4 aromatic rings. The number of benzene rings is 2. The van der Waals surface area contributed by atoms with Crippen LogP contribution < -0.4 is 0 Å². The maximum Gasteiger partial charge on any atom is 0.354 e. The molecule has 0 atom stereocenters. The number of piperidine rings is 1. The molecule has 1 saturated heterocycles. The lowest BCUT2D eigenvalue weighted by molar-refractivity contribution is 0.0573. The number of ether oxygens (including phenoxy) is 1. The van der Waals surface area contributed by atoms with Crippen LogP contribution in [0.5, 0.6) is 0 Å². The summed E-state index contributed by atoms with van der Waals surface area (Å²) < 4.78 is 6.87. The van der Waals surface area contributed by atoms with Crippen molar-refractivity contribution in [3.05, 3.63) is 89.2 Å². The Morgan fingerprint density at radius 3 is 2.47 bits per heavy atom. The molecule has 0 radical (unpaired) electrons. The quantitative estimate of drug-likeness (QED) is 0.361. The molecule has 5 rings (SSSR count). The van der Waals surface area contributed by atoms with E-state index in [0.29, 0.717) is 29.4 Å². The molecule has 2 aromatic heterocycles. The Kier molecular flexibility index (Phi) is 6.07. The lowest BCUT2D eigenvalue weighted by Gasteiger charge is -2.33. The molecule has 1 amide bonds. The summed E-state index contributed by atoms with van der Waals surface area (Å²) in [6.07, 6.45) is 3.43. The zero-order valence-electron chi connectivity index (χ0n) is 18.8. The van der Waals surface area contributed by atoms with Gasteiger partial charge in [0.15, 0.2) is 0 Å². The number of nitrogens with zero attached hydrogens (tertiary/aromatic N) is 3. The van der Waals surface area contributed by atoms with E-state index in [9.17, 15) is 9.59 Å². The smallest absolute Gasteiger partial charge is 0.354 e. The Morgan fingerprint density at radius 2 is 1.74 bits per heavy atom. The molecule has 6 nitrogen and oxygen atoms in total. The van der Waals surface area contributed by atoms with Crippen LogP contribution in [0.2, 0.25) is 5.02 Å². The predicted octanol–water partition coefficient (Wildman–Crippen LogP) is 5.62. The van der Waals surface area contributed by atoms with Gasteiger partial charge in [0.05, 0.1) is 23.9 Å². The number of rotatable bonds is 4. The average molecular weight is 474 g/mol. The third kappa shape index (κ3) is 4.17. The molecule has 1 aliphatic heterocycles. The Morgan fingerprint density at radius 1 is 1.00 bits per heavy atom. The summed E-state index contributed by atoms with van der Waals surface area (Å²) in [5.74, 6) is -0.352. The van der Waals surface area contributed by atoms with Crippen molar-refractivity contribution < 1.29 is 14.3 Å². The van der Waals surface area contributed by atoms with Gasteiger partial charge < -0.3 is 14.2 Å². The number of pyridine rings is 1. The van der Waals surface area contributed by atoms with E-state index in [1.807, 2.05) is 76.3 Å². The van der Waals surface area contributed by atoms with E-state index in [4.69, 9.17) is 21.3 Å². The fourth-order valence-electron chi connectivity index (χ4n) is 4.63. The highest BCUT2D eigenvalue weighted by molar-refractivity contribution is 6.30. The van der Waals surface area contributed by atoms with Crippen molar-refractivity contribution in [2.75, 3.05) is 20.2 Å². The van der Waals surface area contributed by atoms with Crippen LogP contribution in [0, 0.1) is 0 Å². The number of methoxy groups -OCH3 is 1. The molecule has 0 unspecified atom stereocenters. The highest BCUT2D eigenvalue weighted by Gasteiger charge is 2.28. The van der Waals surface area contributed by atoms with Crippen LogP contribution in [0.1, 0.15) is 39.7 Å². The highest BCUT2D eigenvalue weighted by Crippen LogP contribution is 2.30. The van der Waals surface area contributed by atoms with Crippen molar-refractivity contribution in [2.24, 2.45) is 0 Å². The minimum atomic E-state index is -0.346. The van der Waals surface area contributed by atoms with Gasteiger partial charge in [-0.15, -0.1) is 0 Å². The van der Waals surface area contributed by atoms with Gasteiger partial charge in [-0.1, -0.05) is 41.9 Å². The van der Waals surface area contributed by atoms with Crippen LogP contribution in [0.25, 0.3) is 22.2 Å². The number of para-hydroxylation sites is 1. The Bertz CT molecular complexity index is 1360. The van der Waals surface area contributed by atoms with Gasteiger partial charge >= 0.3 is 5.97 Å². The zero-order valence-corrected chi connectivity index (χ0v) is 19.5. The second-order valence-electron chi connectivity index (χ2n) is 8.39. The monoisotopic (exact) mass is 473 g/mol. The number of esters is 1. The number of hydrogen-bond acceptors (Lipinski definition) is 4. The minimum absolute atomic E-state index is 0.00652. The molecule has 1 fully saturated rings. The number of halogens is 1. The Hall–Kier alpha value is -3.64. The summed E-state index contributed by atoms with van der Waals surface area (Å²) in [6, 6.07) is 20.8. The Labute approximate surface area is 202 Å². The topological polar surface area (TPSA) is 64.4 Å². The second-order valence-corrected chi connectivity index (χ2v) is 8.83. The average Bonchev–Trinajstić information content (AvgIpc) is 3.38. The van der Waals surface area contributed by atoms with Gasteiger partial charge in [-0.05, 0) is 49.2 Å². The number of likely N-dealkylation sites (tertiary alicyclic amines) is 1. The molecule has 0 aliphatic carbocycles. The van der Waals surface area contributed by atoms with Crippen molar-refractivity contribution in [1.82, 2.24) is 14.5 Å². The Balaban J connectivity index is 1.41. The summed E-state index contributed by atoms with van der Waals surface area (Å²) >= 11 is 6.05. The second kappa shape index (κ2) is 9.31. The van der Waals surface area contributed by atoms with E-state index in [-0.39, 0.29) is 17.9 Å². The van der Waals surface area contributed by atoms with Crippen LogP contribution in [0.3, 0.4) is 0 Å². The third-order valence-corrected chi connectivity index (χ3v) is 6.66. The van der Waals surface area contributed by atoms with Gasteiger partial charge in [0, 0.05) is 41.3 Å². The normalized spacial score (nSPS) is 14.4. The molecule has 0 bridgehead atoms. The van der Waals surface area contributed by atoms with Gasteiger partial charge in [0.25, 0.3) is 5.91 Å². The van der Waals surface area contributed by atoms with Crippen molar-refractivity contribution >= 4 is 34.4 Å². The summed E-state index contributed by atoms with van der Waals surface area (Å²) in [5, 5.41) is 1.49. The molecular weight excluding hydrogens is 450 g/mol. The fourth-order valence-corrected chi connectivity index (χ4v) is 4.75. The number of hydrogen-bond donors (Lipinski definition) is 0. The van der Waals surface area contributed by atoms with E-state index >= 15 is 0 Å². The molecule has 172 valence electrons. The van der Waals surface area contributed by atoms with Gasteiger partial charge in [-0.3, -0.25) is 4.79 Å². The van der Waals surface area contributed by atoms with Crippen LogP contribution in [-0.2, 0) is 4.74 Å². The first-order chi connectivity index (χ1) is 16.5. The van der Waals surface area contributed by atoms with Crippen LogP contribution in [0.15, 0.2) is 72.9 Å². The van der Waals surface area contributed by atoms with E-state index in [1.54, 1.807) is 6.07 Å². The van der Waals surface area contributed by atoms with Gasteiger partial charge in [-0.25, -0.2) is 9.78 Å². The lowest BCUT2D eigenvalue weighted by atomic mass is 10.0. The largest absolute Gasteiger partial charge is 0.464 e. The number of fused-ring (bicyclic) bond motifs is 1. The first-order valence-corrected chi connectivity index (χ1v) is 11.6. The first kappa shape index (κ1) is 22.2. The summed E-state index contributed by atoms with van der Waals surface area (Å²) in [6.45, 7) is 1.21. The van der Waals surface area contributed by atoms with Crippen LogP contribution in [-0.4, -0.2) is 46.5 Å². The van der Waals surface area contributed by atoms with Crippen molar-refractivity contribution in [1.29, 1.82) is 0 Å². The molecular formula is C27H24ClN3O3. The van der Waals surface area contributed by atoms with E-state index < -0.39 is 0 Å². The number of amides is 1. The van der Waals surface area contributed by atoms with Gasteiger partial charge in [0.1, 0.15) is 5.69 Å². The lowest BCUT2D eigenvalue weighted by Crippen LogP contribution is -2.39. The summed E-state index contributed by atoms with van der Waals surface area (Å²) in [4.78, 5) is 32.4. The molecule has 0 N–H and O–H groups in total.